The summed E-state index contributed by atoms with van der Waals surface area (Å²) in [6, 6.07) is 18.1. The minimum atomic E-state index is -0.581. The summed E-state index contributed by atoms with van der Waals surface area (Å²) in [6.45, 7) is -0.280. The fourth-order valence-electron chi connectivity index (χ4n) is 3.29. The number of halogens is 2. The van der Waals surface area contributed by atoms with Gasteiger partial charge in [-0.2, -0.15) is 0 Å². The van der Waals surface area contributed by atoms with Crippen molar-refractivity contribution in [3.8, 4) is 5.75 Å². The number of imide groups is 1. The molecule has 1 fully saturated rings. The average molecular weight is 647 g/mol. The van der Waals surface area contributed by atoms with E-state index in [2.05, 4.69) is 37.2 Å². The Morgan fingerprint density at radius 1 is 1.03 bits per heavy atom. The molecule has 3 aromatic carbocycles. The van der Waals surface area contributed by atoms with Crippen molar-refractivity contribution in [1.82, 2.24) is 4.90 Å². The van der Waals surface area contributed by atoms with Crippen LogP contribution in [0.4, 0.5) is 16.2 Å². The summed E-state index contributed by atoms with van der Waals surface area (Å²) in [6.07, 6.45) is 1.54. The molecular formula is C25H17Br2N3O6S. The molecular weight excluding hydrogens is 630 g/mol. The SMILES string of the molecule is O=C(CN1C(=O)S/C(=C\c2cc(Br)ccc2OCc2ccc([N+](=O)[O-])cc2)C1=O)Nc1ccc(Br)cc1. The molecule has 1 heterocycles. The van der Waals surface area contributed by atoms with Crippen LogP contribution < -0.4 is 10.1 Å². The van der Waals surface area contributed by atoms with Crippen molar-refractivity contribution in [3.05, 3.63) is 102 Å². The highest BCUT2D eigenvalue weighted by molar-refractivity contribution is 9.10. The van der Waals surface area contributed by atoms with Crippen LogP contribution in [0.15, 0.2) is 80.6 Å². The molecule has 3 aromatic rings. The highest BCUT2D eigenvalue weighted by Gasteiger charge is 2.36. The van der Waals surface area contributed by atoms with Gasteiger partial charge in [0.2, 0.25) is 5.91 Å². The Hall–Kier alpha value is -3.48. The van der Waals surface area contributed by atoms with Gasteiger partial charge in [0, 0.05) is 32.3 Å². The van der Waals surface area contributed by atoms with Crippen molar-refractivity contribution in [2.45, 2.75) is 6.61 Å². The summed E-state index contributed by atoms with van der Waals surface area (Å²) in [7, 11) is 0. The summed E-state index contributed by atoms with van der Waals surface area (Å²) in [5, 5.41) is 13.0. The zero-order valence-corrected chi connectivity index (χ0v) is 22.8. The minimum Gasteiger partial charge on any atom is -0.488 e. The Kier molecular flexibility index (Phi) is 8.41. The number of hydrogen-bond acceptors (Lipinski definition) is 7. The van der Waals surface area contributed by atoms with Gasteiger partial charge in [-0.3, -0.25) is 29.4 Å². The third-order valence-corrected chi connectivity index (χ3v) is 7.03. The maximum atomic E-state index is 12.9. The summed E-state index contributed by atoms with van der Waals surface area (Å²) < 4.78 is 7.48. The molecule has 0 aromatic heterocycles. The molecule has 0 radical (unpaired) electrons. The van der Waals surface area contributed by atoms with E-state index in [1.165, 1.54) is 18.2 Å². The maximum absolute atomic E-state index is 12.9. The van der Waals surface area contributed by atoms with Crippen molar-refractivity contribution in [1.29, 1.82) is 0 Å². The monoisotopic (exact) mass is 645 g/mol. The molecule has 0 saturated carbocycles. The van der Waals surface area contributed by atoms with Crippen LogP contribution >= 0.6 is 43.6 Å². The van der Waals surface area contributed by atoms with Gasteiger partial charge in [-0.25, -0.2) is 0 Å². The predicted octanol–water partition coefficient (Wildman–Crippen LogP) is 6.37. The molecule has 0 spiro atoms. The quantitative estimate of drug-likeness (QED) is 0.171. The normalized spacial score (nSPS) is 14.2. The molecule has 12 heteroatoms. The number of non-ortho nitro benzene ring substituents is 1. The van der Waals surface area contributed by atoms with Crippen LogP contribution in [0, 0.1) is 10.1 Å². The van der Waals surface area contributed by atoms with Gasteiger partial charge < -0.3 is 10.1 Å². The van der Waals surface area contributed by atoms with Gasteiger partial charge >= 0.3 is 0 Å². The lowest BCUT2D eigenvalue weighted by atomic mass is 10.1. The zero-order valence-electron chi connectivity index (χ0n) is 18.9. The number of nitro benzene ring substituents is 1. The second-order valence-electron chi connectivity index (χ2n) is 7.72. The van der Waals surface area contributed by atoms with Gasteiger partial charge in [0.1, 0.15) is 18.9 Å². The fourth-order valence-corrected chi connectivity index (χ4v) is 4.77. The van der Waals surface area contributed by atoms with Gasteiger partial charge in [0.05, 0.1) is 9.83 Å². The van der Waals surface area contributed by atoms with E-state index >= 15 is 0 Å². The summed E-state index contributed by atoms with van der Waals surface area (Å²) in [5.41, 5.74) is 1.78. The minimum absolute atomic E-state index is 0.0191. The summed E-state index contributed by atoms with van der Waals surface area (Å²) in [5.74, 6) is -0.635. The van der Waals surface area contributed by atoms with E-state index in [1.54, 1.807) is 54.6 Å². The average Bonchev–Trinajstić information content (AvgIpc) is 3.12. The van der Waals surface area contributed by atoms with E-state index in [4.69, 9.17) is 4.74 Å². The molecule has 1 aliphatic heterocycles. The van der Waals surface area contributed by atoms with Crippen LogP contribution in [-0.2, 0) is 16.2 Å². The van der Waals surface area contributed by atoms with Crippen LogP contribution in [0.25, 0.3) is 6.08 Å². The largest absolute Gasteiger partial charge is 0.488 e. The number of benzene rings is 3. The Labute approximate surface area is 232 Å². The van der Waals surface area contributed by atoms with E-state index in [0.717, 1.165) is 31.2 Å². The van der Waals surface area contributed by atoms with Crippen LogP contribution in [-0.4, -0.2) is 33.4 Å². The van der Waals surface area contributed by atoms with Crippen molar-refractivity contribution >= 4 is 78.1 Å². The molecule has 0 bridgehead atoms. The highest BCUT2D eigenvalue weighted by Crippen LogP contribution is 2.35. The first kappa shape index (κ1) is 26.6. The first-order chi connectivity index (χ1) is 17.7. The van der Waals surface area contributed by atoms with Crippen molar-refractivity contribution < 1.29 is 24.0 Å². The fraction of sp³-hybridized carbons (Fsp3) is 0.0800. The van der Waals surface area contributed by atoms with Crippen LogP contribution in [0.1, 0.15) is 11.1 Å². The number of nitro groups is 1. The Bertz CT molecular complexity index is 1410. The molecule has 3 amide bonds. The van der Waals surface area contributed by atoms with Crippen LogP contribution in [0.3, 0.4) is 0 Å². The molecule has 1 aliphatic rings. The molecule has 4 rings (SSSR count). The Morgan fingerprint density at radius 3 is 2.38 bits per heavy atom. The van der Waals surface area contributed by atoms with Crippen LogP contribution in [0.5, 0.6) is 5.75 Å². The molecule has 0 atom stereocenters. The lowest BCUT2D eigenvalue weighted by Gasteiger charge is -2.13. The number of thioether (sulfide) groups is 1. The maximum Gasteiger partial charge on any atom is 0.294 e. The first-order valence-electron chi connectivity index (χ1n) is 10.7. The molecule has 0 aliphatic carbocycles. The smallest absolute Gasteiger partial charge is 0.294 e. The lowest BCUT2D eigenvalue weighted by molar-refractivity contribution is -0.384. The van der Waals surface area contributed by atoms with Gasteiger partial charge in [0.15, 0.2) is 0 Å². The summed E-state index contributed by atoms with van der Waals surface area (Å²) >= 11 is 7.45. The highest BCUT2D eigenvalue weighted by atomic mass is 79.9. The second kappa shape index (κ2) is 11.7. The van der Waals surface area contributed by atoms with E-state index in [9.17, 15) is 24.5 Å². The van der Waals surface area contributed by atoms with E-state index in [1.807, 2.05) is 0 Å². The topological polar surface area (TPSA) is 119 Å². The molecule has 37 heavy (non-hydrogen) atoms. The number of nitrogens with one attached hydrogen (secondary N) is 1. The van der Waals surface area contributed by atoms with E-state index in [0.29, 0.717) is 17.0 Å². The third-order valence-electron chi connectivity index (χ3n) is 5.10. The van der Waals surface area contributed by atoms with Gasteiger partial charge in [-0.1, -0.05) is 31.9 Å². The van der Waals surface area contributed by atoms with Crippen molar-refractivity contribution in [2.75, 3.05) is 11.9 Å². The number of hydrogen-bond donors (Lipinski definition) is 1. The van der Waals surface area contributed by atoms with Gasteiger partial charge in [-0.15, -0.1) is 0 Å². The number of ether oxygens (including phenoxy) is 1. The molecule has 1 saturated heterocycles. The summed E-state index contributed by atoms with van der Waals surface area (Å²) in [4.78, 5) is 49.3. The van der Waals surface area contributed by atoms with Crippen molar-refractivity contribution in [2.24, 2.45) is 0 Å². The number of carbonyl (C=O) groups excluding carboxylic acids is 3. The number of anilines is 1. The van der Waals surface area contributed by atoms with Gasteiger partial charge in [0.25, 0.3) is 16.8 Å². The standard InChI is InChI=1S/C25H17Br2N3O6S/c26-17-3-6-19(7-4-17)28-23(31)13-29-24(32)22(37-25(29)33)12-16-11-18(27)5-10-21(16)36-14-15-1-8-20(9-2-15)30(34)35/h1-12H,13-14H2,(H,28,31)/b22-12-. The number of nitrogens with zero attached hydrogens (tertiary/aromatic N) is 2. The molecule has 9 nitrogen and oxygen atoms in total. The van der Waals surface area contributed by atoms with E-state index in [-0.39, 0.29) is 17.2 Å². The second-order valence-corrected chi connectivity index (χ2v) is 10.5. The first-order valence-corrected chi connectivity index (χ1v) is 13.1. The lowest BCUT2D eigenvalue weighted by Crippen LogP contribution is -2.36. The van der Waals surface area contributed by atoms with Crippen molar-refractivity contribution in [3.63, 3.8) is 0 Å². The molecule has 188 valence electrons. The third kappa shape index (κ3) is 6.85. The Morgan fingerprint density at radius 2 is 1.70 bits per heavy atom. The number of amides is 3. The van der Waals surface area contributed by atoms with Gasteiger partial charge in [-0.05, 0) is 78.0 Å². The van der Waals surface area contributed by atoms with E-state index < -0.39 is 28.5 Å². The Balaban J connectivity index is 1.46. The number of rotatable bonds is 8. The van der Waals surface area contributed by atoms with Crippen LogP contribution in [0.2, 0.25) is 0 Å². The molecule has 0 unspecified atom stereocenters. The molecule has 1 N–H and O–H groups in total. The zero-order chi connectivity index (χ0) is 26.5. The number of carbonyl (C=O) groups is 3. The predicted molar refractivity (Wildman–Crippen MR) is 147 cm³/mol.